The number of rotatable bonds is 5. The predicted octanol–water partition coefficient (Wildman–Crippen LogP) is 3.40. The molecule has 0 radical (unpaired) electrons. The van der Waals surface area contributed by atoms with Gasteiger partial charge in [-0.1, -0.05) is 15.9 Å². The molecule has 1 aliphatic rings. The number of methoxy groups -OCH3 is 1. The van der Waals surface area contributed by atoms with Crippen LogP contribution in [0.1, 0.15) is 17.3 Å². The second-order valence-corrected chi connectivity index (χ2v) is 6.92. The molecule has 7 nitrogen and oxygen atoms in total. The SMILES string of the molecule is COc1ccc(C(=O)Nc2ccc3c(c2)OCO3)cc1NC(=O)C(C)Br. The van der Waals surface area contributed by atoms with Crippen LogP contribution in [-0.4, -0.2) is 30.5 Å². The van der Waals surface area contributed by atoms with Crippen molar-refractivity contribution in [2.75, 3.05) is 24.5 Å². The number of amides is 2. The molecule has 0 fully saturated rings. The summed E-state index contributed by atoms with van der Waals surface area (Å²) >= 11 is 3.21. The molecule has 0 aromatic heterocycles. The Morgan fingerprint density at radius 2 is 1.88 bits per heavy atom. The van der Waals surface area contributed by atoms with E-state index < -0.39 is 0 Å². The van der Waals surface area contributed by atoms with Gasteiger partial charge in [-0.15, -0.1) is 0 Å². The fourth-order valence-corrected chi connectivity index (χ4v) is 2.47. The third-order valence-corrected chi connectivity index (χ3v) is 4.13. The number of alkyl halides is 1. The average molecular weight is 421 g/mol. The molecule has 136 valence electrons. The zero-order chi connectivity index (χ0) is 18.7. The zero-order valence-corrected chi connectivity index (χ0v) is 15.8. The van der Waals surface area contributed by atoms with Crippen molar-refractivity contribution in [1.29, 1.82) is 0 Å². The number of fused-ring (bicyclic) bond motifs is 1. The van der Waals surface area contributed by atoms with Gasteiger partial charge in [0.15, 0.2) is 11.5 Å². The van der Waals surface area contributed by atoms with E-state index in [4.69, 9.17) is 14.2 Å². The molecule has 3 rings (SSSR count). The molecule has 2 N–H and O–H groups in total. The summed E-state index contributed by atoms with van der Waals surface area (Å²) in [4.78, 5) is 24.1. The van der Waals surface area contributed by atoms with E-state index in [9.17, 15) is 9.59 Å². The van der Waals surface area contributed by atoms with Crippen LogP contribution in [0.4, 0.5) is 11.4 Å². The van der Waals surface area contributed by atoms with E-state index in [0.29, 0.717) is 34.2 Å². The molecule has 8 heteroatoms. The highest BCUT2D eigenvalue weighted by molar-refractivity contribution is 9.10. The molecule has 1 atom stereocenters. The number of halogens is 1. The largest absolute Gasteiger partial charge is 0.495 e. The summed E-state index contributed by atoms with van der Waals surface area (Å²) < 4.78 is 15.8. The van der Waals surface area contributed by atoms with Gasteiger partial charge in [0.1, 0.15) is 5.75 Å². The maximum atomic E-state index is 12.5. The third-order valence-electron chi connectivity index (χ3n) is 3.71. The molecule has 2 aromatic rings. The smallest absolute Gasteiger partial charge is 0.255 e. The first-order chi connectivity index (χ1) is 12.5. The lowest BCUT2D eigenvalue weighted by Gasteiger charge is -2.13. The number of hydrogen-bond acceptors (Lipinski definition) is 5. The number of carbonyl (C=O) groups is 2. The Bertz CT molecular complexity index is 853. The summed E-state index contributed by atoms with van der Waals surface area (Å²) in [7, 11) is 1.49. The summed E-state index contributed by atoms with van der Waals surface area (Å²) in [5, 5.41) is 5.52. The van der Waals surface area contributed by atoms with Gasteiger partial charge >= 0.3 is 0 Å². The van der Waals surface area contributed by atoms with Crippen LogP contribution in [0.15, 0.2) is 36.4 Å². The molecular formula is C18H17BrN2O5. The van der Waals surface area contributed by atoms with Crippen molar-refractivity contribution in [3.8, 4) is 17.2 Å². The Hall–Kier alpha value is -2.74. The van der Waals surface area contributed by atoms with Crippen molar-refractivity contribution in [2.45, 2.75) is 11.8 Å². The number of benzene rings is 2. The fraction of sp³-hybridized carbons (Fsp3) is 0.222. The molecule has 0 saturated carbocycles. The first-order valence-electron chi connectivity index (χ1n) is 7.82. The van der Waals surface area contributed by atoms with Crippen molar-refractivity contribution in [3.05, 3.63) is 42.0 Å². The van der Waals surface area contributed by atoms with E-state index in [1.807, 2.05) is 0 Å². The summed E-state index contributed by atoms with van der Waals surface area (Å²) in [5.41, 5.74) is 1.37. The van der Waals surface area contributed by atoms with Crippen LogP contribution in [-0.2, 0) is 4.79 Å². The lowest BCUT2D eigenvalue weighted by molar-refractivity contribution is -0.115. The van der Waals surface area contributed by atoms with Gasteiger partial charge < -0.3 is 24.8 Å². The zero-order valence-electron chi connectivity index (χ0n) is 14.2. The summed E-state index contributed by atoms with van der Waals surface area (Å²) in [5.74, 6) is 1.12. The molecule has 1 unspecified atom stereocenters. The van der Waals surface area contributed by atoms with Gasteiger partial charge in [0.2, 0.25) is 12.7 Å². The van der Waals surface area contributed by atoms with E-state index in [0.717, 1.165) is 0 Å². The van der Waals surface area contributed by atoms with Crippen LogP contribution in [0.3, 0.4) is 0 Å². The topological polar surface area (TPSA) is 85.9 Å². The van der Waals surface area contributed by atoms with Crippen LogP contribution in [0.5, 0.6) is 17.2 Å². The molecule has 26 heavy (non-hydrogen) atoms. The molecule has 1 heterocycles. The average Bonchev–Trinajstić information content (AvgIpc) is 3.09. The van der Waals surface area contributed by atoms with Crippen molar-refractivity contribution in [1.82, 2.24) is 0 Å². The summed E-state index contributed by atoms with van der Waals surface area (Å²) in [6.07, 6.45) is 0. The van der Waals surface area contributed by atoms with Gasteiger partial charge in [-0.2, -0.15) is 0 Å². The Kier molecular flexibility index (Phi) is 5.32. The van der Waals surface area contributed by atoms with Crippen LogP contribution in [0, 0.1) is 0 Å². The van der Waals surface area contributed by atoms with Gasteiger partial charge in [0.25, 0.3) is 5.91 Å². The highest BCUT2D eigenvalue weighted by Gasteiger charge is 2.17. The highest BCUT2D eigenvalue weighted by Crippen LogP contribution is 2.34. The molecule has 0 saturated heterocycles. The van der Waals surface area contributed by atoms with Gasteiger partial charge in [0, 0.05) is 17.3 Å². The fourth-order valence-electron chi connectivity index (χ4n) is 2.36. The van der Waals surface area contributed by atoms with E-state index in [-0.39, 0.29) is 23.4 Å². The third kappa shape index (κ3) is 3.91. The van der Waals surface area contributed by atoms with Crippen molar-refractivity contribution >= 4 is 39.1 Å². The highest BCUT2D eigenvalue weighted by atomic mass is 79.9. The Labute approximate surface area is 158 Å². The molecule has 1 aliphatic heterocycles. The molecule has 0 spiro atoms. The standard InChI is InChI=1S/C18H17BrN2O5/c1-10(19)17(22)21-13-7-11(3-5-14(13)24-2)18(23)20-12-4-6-15-16(8-12)26-9-25-15/h3-8,10H,9H2,1-2H3,(H,20,23)(H,21,22). The lowest BCUT2D eigenvalue weighted by atomic mass is 10.1. The van der Waals surface area contributed by atoms with E-state index >= 15 is 0 Å². The van der Waals surface area contributed by atoms with E-state index in [1.54, 1.807) is 43.3 Å². The Morgan fingerprint density at radius 3 is 2.62 bits per heavy atom. The van der Waals surface area contributed by atoms with Gasteiger partial charge in [-0.3, -0.25) is 9.59 Å². The van der Waals surface area contributed by atoms with Crippen molar-refractivity contribution in [3.63, 3.8) is 0 Å². The van der Waals surface area contributed by atoms with Crippen LogP contribution in [0.25, 0.3) is 0 Å². The summed E-state index contributed by atoms with van der Waals surface area (Å²) in [6.45, 7) is 1.87. The minimum absolute atomic E-state index is 0.167. The predicted molar refractivity (Wildman–Crippen MR) is 101 cm³/mol. The number of hydrogen-bond donors (Lipinski definition) is 2. The normalized spacial score (nSPS) is 13.0. The Balaban J connectivity index is 1.79. The monoisotopic (exact) mass is 420 g/mol. The van der Waals surface area contributed by atoms with Crippen LogP contribution < -0.4 is 24.8 Å². The maximum absolute atomic E-state index is 12.5. The van der Waals surface area contributed by atoms with E-state index in [2.05, 4.69) is 26.6 Å². The van der Waals surface area contributed by atoms with Crippen molar-refractivity contribution < 1.29 is 23.8 Å². The second kappa shape index (κ2) is 7.65. The number of anilines is 2. The molecule has 2 aromatic carbocycles. The van der Waals surface area contributed by atoms with E-state index in [1.165, 1.54) is 7.11 Å². The van der Waals surface area contributed by atoms with Crippen LogP contribution >= 0.6 is 15.9 Å². The first kappa shape index (κ1) is 18.1. The second-order valence-electron chi connectivity index (χ2n) is 5.54. The van der Waals surface area contributed by atoms with Gasteiger partial charge in [-0.05, 0) is 37.3 Å². The minimum Gasteiger partial charge on any atom is -0.495 e. The van der Waals surface area contributed by atoms with Crippen molar-refractivity contribution in [2.24, 2.45) is 0 Å². The maximum Gasteiger partial charge on any atom is 0.255 e. The number of carbonyl (C=O) groups excluding carboxylic acids is 2. The molecule has 2 amide bonds. The first-order valence-corrected chi connectivity index (χ1v) is 8.73. The summed E-state index contributed by atoms with van der Waals surface area (Å²) in [6, 6.07) is 9.96. The quantitative estimate of drug-likeness (QED) is 0.723. The van der Waals surface area contributed by atoms with Crippen LogP contribution in [0.2, 0.25) is 0 Å². The molecular weight excluding hydrogens is 404 g/mol. The molecule has 0 bridgehead atoms. The number of ether oxygens (including phenoxy) is 3. The van der Waals surface area contributed by atoms with Gasteiger partial charge in [0.05, 0.1) is 17.6 Å². The minimum atomic E-state index is -0.377. The van der Waals surface area contributed by atoms with Gasteiger partial charge in [-0.25, -0.2) is 0 Å². The number of nitrogens with one attached hydrogen (secondary N) is 2. The Morgan fingerprint density at radius 1 is 1.12 bits per heavy atom. The molecule has 0 aliphatic carbocycles. The lowest BCUT2D eigenvalue weighted by Crippen LogP contribution is -2.21.